The molecule has 1 atom stereocenters. The highest BCUT2D eigenvalue weighted by molar-refractivity contribution is 5.81. The highest BCUT2D eigenvalue weighted by Crippen LogP contribution is 2.11. The monoisotopic (exact) mass is 279 g/mol. The van der Waals surface area contributed by atoms with Crippen molar-refractivity contribution in [3.63, 3.8) is 0 Å². The maximum atomic E-state index is 11.9. The van der Waals surface area contributed by atoms with E-state index in [0.29, 0.717) is 5.56 Å². The minimum atomic E-state index is -0.0734. The Labute approximate surface area is 124 Å². The van der Waals surface area contributed by atoms with Gasteiger partial charge in [-0.2, -0.15) is 5.26 Å². The summed E-state index contributed by atoms with van der Waals surface area (Å²) in [7, 11) is 0. The summed E-state index contributed by atoms with van der Waals surface area (Å²) >= 11 is 0. The van der Waals surface area contributed by atoms with Crippen molar-refractivity contribution in [3.8, 4) is 6.07 Å². The molecule has 0 aromatic heterocycles. The van der Waals surface area contributed by atoms with Crippen molar-refractivity contribution in [1.82, 2.24) is 5.32 Å². The van der Waals surface area contributed by atoms with Gasteiger partial charge in [0.2, 0.25) is 5.91 Å². The van der Waals surface area contributed by atoms with Gasteiger partial charge in [-0.1, -0.05) is 30.3 Å². The standard InChI is InChI=1S/C17H17N3O/c1-13(15-5-3-2-4-6-15)20-17(21)12-19-16-9-7-14(11-18)8-10-16/h2-10,13,19H,12H2,1H3,(H,20,21). The second kappa shape index (κ2) is 7.11. The molecule has 2 aromatic rings. The molecule has 4 heteroatoms. The predicted octanol–water partition coefficient (Wildman–Crippen LogP) is 2.85. The molecule has 0 radical (unpaired) electrons. The summed E-state index contributed by atoms with van der Waals surface area (Å²) in [6, 6.07) is 18.9. The second-order valence-electron chi connectivity index (χ2n) is 4.74. The maximum Gasteiger partial charge on any atom is 0.239 e. The quantitative estimate of drug-likeness (QED) is 0.884. The molecule has 0 fully saturated rings. The number of carbonyl (C=O) groups is 1. The predicted molar refractivity (Wildman–Crippen MR) is 82.6 cm³/mol. The lowest BCUT2D eigenvalue weighted by Crippen LogP contribution is -2.32. The number of rotatable bonds is 5. The fourth-order valence-corrected chi connectivity index (χ4v) is 1.96. The summed E-state index contributed by atoms with van der Waals surface area (Å²) < 4.78 is 0. The molecule has 0 aliphatic heterocycles. The molecule has 0 spiro atoms. The van der Waals surface area contributed by atoms with Crippen LogP contribution in [0.3, 0.4) is 0 Å². The Bertz CT molecular complexity index is 629. The molecular formula is C17H17N3O. The van der Waals surface area contributed by atoms with Crippen LogP contribution in [0.25, 0.3) is 0 Å². The Hall–Kier alpha value is -2.80. The van der Waals surface area contributed by atoms with Gasteiger partial charge in [0.1, 0.15) is 0 Å². The molecule has 106 valence electrons. The summed E-state index contributed by atoms with van der Waals surface area (Å²) in [5, 5.41) is 14.7. The number of benzene rings is 2. The fraction of sp³-hybridized carbons (Fsp3) is 0.176. The highest BCUT2D eigenvalue weighted by atomic mass is 16.1. The normalized spacial score (nSPS) is 11.2. The smallest absolute Gasteiger partial charge is 0.239 e. The third-order valence-electron chi connectivity index (χ3n) is 3.14. The number of carbonyl (C=O) groups excluding carboxylic acids is 1. The summed E-state index contributed by atoms with van der Waals surface area (Å²) in [5.41, 5.74) is 2.49. The summed E-state index contributed by atoms with van der Waals surface area (Å²) in [6.07, 6.45) is 0. The topological polar surface area (TPSA) is 64.9 Å². The van der Waals surface area contributed by atoms with E-state index in [2.05, 4.69) is 16.7 Å². The van der Waals surface area contributed by atoms with Crippen LogP contribution in [0.15, 0.2) is 54.6 Å². The maximum absolute atomic E-state index is 11.9. The van der Waals surface area contributed by atoms with Crippen molar-refractivity contribution in [2.75, 3.05) is 11.9 Å². The van der Waals surface area contributed by atoms with Crippen molar-refractivity contribution in [1.29, 1.82) is 5.26 Å². The minimum Gasteiger partial charge on any atom is -0.376 e. The Morgan fingerprint density at radius 1 is 1.14 bits per heavy atom. The third-order valence-corrected chi connectivity index (χ3v) is 3.14. The molecule has 21 heavy (non-hydrogen) atoms. The van der Waals surface area contributed by atoms with Crippen molar-refractivity contribution in [2.45, 2.75) is 13.0 Å². The zero-order valence-electron chi connectivity index (χ0n) is 11.8. The van der Waals surface area contributed by atoms with Gasteiger partial charge < -0.3 is 10.6 Å². The van der Waals surface area contributed by atoms with Crippen LogP contribution in [0.5, 0.6) is 0 Å². The number of amides is 1. The lowest BCUT2D eigenvalue weighted by atomic mass is 10.1. The highest BCUT2D eigenvalue weighted by Gasteiger charge is 2.08. The fourth-order valence-electron chi connectivity index (χ4n) is 1.96. The molecule has 0 saturated heterocycles. The molecule has 1 unspecified atom stereocenters. The van der Waals surface area contributed by atoms with Crippen molar-refractivity contribution < 1.29 is 4.79 Å². The zero-order valence-corrected chi connectivity index (χ0v) is 11.8. The molecule has 0 aliphatic rings. The first kappa shape index (κ1) is 14.6. The van der Waals surface area contributed by atoms with Crippen molar-refractivity contribution in [3.05, 3.63) is 65.7 Å². The molecule has 2 rings (SSSR count). The van der Waals surface area contributed by atoms with Crippen LogP contribution >= 0.6 is 0 Å². The van der Waals surface area contributed by atoms with Crippen LogP contribution in [-0.2, 0) is 4.79 Å². The van der Waals surface area contributed by atoms with Crippen LogP contribution in [0.1, 0.15) is 24.1 Å². The molecule has 1 amide bonds. The van der Waals surface area contributed by atoms with E-state index in [0.717, 1.165) is 11.3 Å². The summed E-state index contributed by atoms with van der Waals surface area (Å²) in [6.45, 7) is 2.15. The van der Waals surface area contributed by atoms with Crippen LogP contribution in [0.2, 0.25) is 0 Å². The Balaban J connectivity index is 1.83. The van der Waals surface area contributed by atoms with Gasteiger partial charge in [-0.15, -0.1) is 0 Å². The third kappa shape index (κ3) is 4.36. The van der Waals surface area contributed by atoms with E-state index in [9.17, 15) is 4.79 Å². The Kier molecular flexibility index (Phi) is 4.94. The molecule has 0 bridgehead atoms. The van der Waals surface area contributed by atoms with E-state index in [1.807, 2.05) is 37.3 Å². The van der Waals surface area contributed by atoms with Gasteiger partial charge in [-0.25, -0.2) is 0 Å². The number of hydrogen-bond acceptors (Lipinski definition) is 3. The second-order valence-corrected chi connectivity index (χ2v) is 4.74. The van der Waals surface area contributed by atoms with Crippen LogP contribution < -0.4 is 10.6 Å². The number of hydrogen-bond donors (Lipinski definition) is 2. The van der Waals surface area contributed by atoms with Gasteiger partial charge in [0.05, 0.1) is 24.2 Å². The van der Waals surface area contributed by atoms with Crippen LogP contribution in [-0.4, -0.2) is 12.5 Å². The van der Waals surface area contributed by atoms with Gasteiger partial charge in [0.15, 0.2) is 0 Å². The first-order chi connectivity index (χ1) is 10.2. The van der Waals surface area contributed by atoms with Gasteiger partial charge >= 0.3 is 0 Å². The van der Waals surface area contributed by atoms with Crippen LogP contribution in [0, 0.1) is 11.3 Å². The van der Waals surface area contributed by atoms with Gasteiger partial charge in [-0.05, 0) is 36.8 Å². The summed E-state index contributed by atoms with van der Waals surface area (Å²) in [4.78, 5) is 11.9. The molecular weight excluding hydrogens is 262 g/mol. The molecule has 0 saturated carbocycles. The van der Waals surface area contributed by atoms with E-state index in [-0.39, 0.29) is 18.5 Å². The molecule has 0 aliphatic carbocycles. The van der Waals surface area contributed by atoms with Gasteiger partial charge in [0, 0.05) is 5.69 Å². The lowest BCUT2D eigenvalue weighted by Gasteiger charge is -2.15. The first-order valence-corrected chi connectivity index (χ1v) is 6.77. The molecule has 2 aromatic carbocycles. The SMILES string of the molecule is CC(NC(=O)CNc1ccc(C#N)cc1)c1ccccc1. The van der Waals surface area contributed by atoms with E-state index in [4.69, 9.17) is 5.26 Å². The number of nitrogens with zero attached hydrogens (tertiary/aromatic N) is 1. The lowest BCUT2D eigenvalue weighted by molar-refractivity contribution is -0.120. The van der Waals surface area contributed by atoms with Crippen LogP contribution in [0.4, 0.5) is 5.69 Å². The first-order valence-electron chi connectivity index (χ1n) is 6.77. The van der Waals surface area contributed by atoms with E-state index in [1.54, 1.807) is 24.3 Å². The zero-order chi connectivity index (χ0) is 15.1. The minimum absolute atomic E-state index is 0.0264. The van der Waals surface area contributed by atoms with Crippen molar-refractivity contribution >= 4 is 11.6 Å². The number of nitriles is 1. The van der Waals surface area contributed by atoms with E-state index < -0.39 is 0 Å². The Morgan fingerprint density at radius 2 is 1.81 bits per heavy atom. The van der Waals surface area contributed by atoms with E-state index >= 15 is 0 Å². The average molecular weight is 279 g/mol. The Morgan fingerprint density at radius 3 is 2.43 bits per heavy atom. The average Bonchev–Trinajstić information content (AvgIpc) is 2.54. The van der Waals surface area contributed by atoms with Crippen molar-refractivity contribution in [2.24, 2.45) is 0 Å². The number of anilines is 1. The molecule has 0 heterocycles. The molecule has 2 N–H and O–H groups in total. The number of nitrogens with one attached hydrogen (secondary N) is 2. The summed E-state index contributed by atoms with van der Waals surface area (Å²) in [5.74, 6) is -0.0734. The van der Waals surface area contributed by atoms with Gasteiger partial charge in [0.25, 0.3) is 0 Å². The molecule has 4 nitrogen and oxygen atoms in total. The van der Waals surface area contributed by atoms with E-state index in [1.165, 1.54) is 0 Å². The van der Waals surface area contributed by atoms with Gasteiger partial charge in [-0.3, -0.25) is 4.79 Å². The largest absolute Gasteiger partial charge is 0.376 e.